The summed E-state index contributed by atoms with van der Waals surface area (Å²) in [7, 11) is 1.03. The zero-order valence-corrected chi connectivity index (χ0v) is 16.0. The Morgan fingerprint density at radius 3 is 2.28 bits per heavy atom. The summed E-state index contributed by atoms with van der Waals surface area (Å²) >= 11 is 0. The van der Waals surface area contributed by atoms with Crippen molar-refractivity contribution in [2.24, 2.45) is 0 Å². The maximum absolute atomic E-state index is 11.6. The van der Waals surface area contributed by atoms with Crippen LogP contribution in [0.3, 0.4) is 0 Å². The Balaban J connectivity index is 2.39. The molecule has 29 heavy (non-hydrogen) atoms. The van der Waals surface area contributed by atoms with Crippen molar-refractivity contribution in [2.75, 3.05) is 13.7 Å². The minimum Gasteiger partial charge on any atom is -0.479 e. The molecule has 1 amide bonds. The van der Waals surface area contributed by atoms with Gasteiger partial charge in [-0.2, -0.15) is 0 Å². The van der Waals surface area contributed by atoms with E-state index in [-0.39, 0.29) is 0 Å². The maximum Gasteiger partial charge on any atom is 0.335 e. The molecule has 0 radical (unpaired) electrons. The van der Waals surface area contributed by atoms with Crippen molar-refractivity contribution in [3.8, 4) is 0 Å². The Bertz CT molecular complexity index is 604. The first-order valence-electron chi connectivity index (χ1n) is 8.86. The van der Waals surface area contributed by atoms with E-state index < -0.39 is 79.3 Å². The molecule has 168 valence electrons. The predicted octanol–water partition coefficient (Wildman–Crippen LogP) is -4.12. The monoisotopic (exact) mass is 425 g/mol. The molecule has 5 unspecified atom stereocenters. The van der Waals surface area contributed by atoms with Crippen LogP contribution in [0, 0.1) is 0 Å². The van der Waals surface area contributed by atoms with Crippen molar-refractivity contribution in [1.82, 2.24) is 5.32 Å². The van der Waals surface area contributed by atoms with E-state index in [4.69, 9.17) is 18.9 Å². The number of aliphatic hydroxyl groups excluding tert-OH is 4. The predicted molar refractivity (Wildman–Crippen MR) is 90.2 cm³/mol. The molecule has 2 saturated heterocycles. The lowest BCUT2D eigenvalue weighted by Crippen LogP contribution is -2.74. The van der Waals surface area contributed by atoms with Crippen LogP contribution in [0.2, 0.25) is 0 Å². The topological polar surface area (TPSA) is 204 Å². The number of ether oxygens (including phenoxy) is 4. The molecule has 0 spiro atoms. The number of methoxy groups -OCH3 is 1. The number of hydrogen-bond acceptors (Lipinski definition) is 11. The minimum absolute atomic E-state index is 0.679. The second-order valence-electron chi connectivity index (χ2n) is 6.99. The summed E-state index contributed by atoms with van der Waals surface area (Å²) in [5.74, 6) is -4.67. The number of amides is 1. The highest BCUT2D eigenvalue weighted by Crippen LogP contribution is 2.34. The summed E-state index contributed by atoms with van der Waals surface area (Å²) in [5, 5.41) is 62.6. The molecule has 0 aromatic rings. The van der Waals surface area contributed by atoms with Gasteiger partial charge in [0, 0.05) is 14.0 Å². The van der Waals surface area contributed by atoms with Crippen molar-refractivity contribution in [3.05, 3.63) is 0 Å². The smallest absolute Gasteiger partial charge is 0.335 e. The molecular formula is C16H27NO12. The van der Waals surface area contributed by atoms with Gasteiger partial charge in [0.25, 0.3) is 0 Å². The lowest BCUT2D eigenvalue weighted by atomic mass is 9.91. The van der Waals surface area contributed by atoms with E-state index in [0.29, 0.717) is 0 Å². The average molecular weight is 425 g/mol. The number of carbonyl (C=O) groups is 2. The lowest BCUT2D eigenvalue weighted by molar-refractivity contribution is -0.379. The third kappa shape index (κ3) is 4.52. The van der Waals surface area contributed by atoms with Gasteiger partial charge in [-0.05, 0) is 6.92 Å². The van der Waals surface area contributed by atoms with Crippen LogP contribution in [0.25, 0.3) is 0 Å². The van der Waals surface area contributed by atoms with E-state index in [9.17, 15) is 40.2 Å². The van der Waals surface area contributed by atoms with Gasteiger partial charge in [0.05, 0.1) is 12.7 Å². The minimum atomic E-state index is -2.49. The van der Waals surface area contributed by atoms with Crippen molar-refractivity contribution in [2.45, 2.75) is 74.7 Å². The standard InChI is InChI=1S/C16H27NO12/c1-5-8(20)9(21)10(11(27-5)14(23)24)29-15-12(17-6(2)19)16(25,26-3)13(22)7(4-18)28-15/h5,7-13,15,18,20-22,25H,4H2,1-3H3,(H,17,19)(H,23,24)/t5?,7?,8?,9-,10+,11?,12?,13-,15+,16-/m1/s1. The molecule has 13 nitrogen and oxygen atoms in total. The van der Waals surface area contributed by atoms with Crippen LogP contribution >= 0.6 is 0 Å². The molecular weight excluding hydrogens is 398 g/mol. The van der Waals surface area contributed by atoms with Crippen molar-refractivity contribution >= 4 is 11.9 Å². The van der Waals surface area contributed by atoms with E-state index in [1.807, 2.05) is 0 Å². The van der Waals surface area contributed by atoms with Gasteiger partial charge in [-0.1, -0.05) is 0 Å². The maximum atomic E-state index is 11.6. The second kappa shape index (κ2) is 9.16. The van der Waals surface area contributed by atoms with Crippen LogP contribution in [-0.4, -0.2) is 117 Å². The summed E-state index contributed by atoms with van der Waals surface area (Å²) in [5.41, 5.74) is 0. The molecule has 10 atom stereocenters. The Kier molecular flexibility index (Phi) is 7.53. The van der Waals surface area contributed by atoms with Crippen LogP contribution in [0.5, 0.6) is 0 Å². The van der Waals surface area contributed by atoms with Gasteiger partial charge in [-0.15, -0.1) is 0 Å². The number of rotatable bonds is 6. The number of hydrogen-bond donors (Lipinski definition) is 7. The van der Waals surface area contributed by atoms with Gasteiger partial charge >= 0.3 is 5.97 Å². The molecule has 2 aliphatic rings. The Labute approximate surface area is 165 Å². The molecule has 0 bridgehead atoms. The molecule has 13 heteroatoms. The molecule has 7 N–H and O–H groups in total. The fourth-order valence-electron chi connectivity index (χ4n) is 3.41. The first-order valence-corrected chi connectivity index (χ1v) is 8.86. The highest BCUT2D eigenvalue weighted by atomic mass is 16.7. The van der Waals surface area contributed by atoms with Crippen LogP contribution in [0.4, 0.5) is 0 Å². The van der Waals surface area contributed by atoms with Crippen molar-refractivity contribution < 1.29 is 59.2 Å². The van der Waals surface area contributed by atoms with E-state index >= 15 is 0 Å². The number of carboxylic acid groups (broad SMARTS) is 1. The highest BCUT2D eigenvalue weighted by Gasteiger charge is 2.59. The normalized spacial score (nSPS) is 45.6. The molecule has 0 aromatic carbocycles. The van der Waals surface area contributed by atoms with E-state index in [0.717, 1.165) is 14.0 Å². The molecule has 0 saturated carbocycles. The van der Waals surface area contributed by atoms with Crippen LogP contribution in [0.1, 0.15) is 13.8 Å². The van der Waals surface area contributed by atoms with Crippen molar-refractivity contribution in [3.63, 3.8) is 0 Å². The third-order valence-electron chi connectivity index (χ3n) is 5.03. The van der Waals surface area contributed by atoms with E-state index in [1.165, 1.54) is 6.92 Å². The molecule has 2 aliphatic heterocycles. The van der Waals surface area contributed by atoms with Gasteiger partial charge in [-0.25, -0.2) is 4.79 Å². The molecule has 0 aliphatic carbocycles. The van der Waals surface area contributed by atoms with Gasteiger partial charge in [-0.3, -0.25) is 4.79 Å². The number of aliphatic carboxylic acids is 1. The number of carbonyl (C=O) groups excluding carboxylic acids is 1. The molecule has 2 fully saturated rings. The van der Waals surface area contributed by atoms with Gasteiger partial charge in [0.1, 0.15) is 36.6 Å². The van der Waals surface area contributed by atoms with Crippen LogP contribution in [0.15, 0.2) is 0 Å². The summed E-state index contributed by atoms with van der Waals surface area (Å²) in [6.45, 7) is 1.67. The van der Waals surface area contributed by atoms with Crippen LogP contribution < -0.4 is 5.32 Å². The van der Waals surface area contributed by atoms with Gasteiger partial charge in [0.2, 0.25) is 11.7 Å². The third-order valence-corrected chi connectivity index (χ3v) is 5.03. The molecule has 2 heterocycles. The Morgan fingerprint density at radius 2 is 1.79 bits per heavy atom. The average Bonchev–Trinajstić information content (AvgIpc) is 2.66. The number of nitrogens with one attached hydrogen (secondary N) is 1. The first kappa shape index (κ1) is 23.9. The van der Waals surface area contributed by atoms with Crippen molar-refractivity contribution in [1.29, 1.82) is 0 Å². The fourth-order valence-corrected chi connectivity index (χ4v) is 3.41. The summed E-state index contributed by atoms with van der Waals surface area (Å²) < 4.78 is 21.0. The Morgan fingerprint density at radius 1 is 1.17 bits per heavy atom. The molecule has 2 rings (SSSR count). The lowest BCUT2D eigenvalue weighted by Gasteiger charge is -2.50. The fraction of sp³-hybridized carbons (Fsp3) is 0.875. The Hall–Kier alpha value is -1.42. The second-order valence-corrected chi connectivity index (χ2v) is 6.99. The summed E-state index contributed by atoms with van der Waals surface area (Å²) in [6, 6.07) is -1.60. The number of aliphatic hydroxyl groups is 5. The highest BCUT2D eigenvalue weighted by molar-refractivity contribution is 5.74. The van der Waals surface area contributed by atoms with Gasteiger partial charge in [0.15, 0.2) is 12.4 Å². The zero-order chi connectivity index (χ0) is 22.1. The molecule has 0 aromatic heterocycles. The quantitative estimate of drug-likeness (QED) is 0.203. The summed E-state index contributed by atoms with van der Waals surface area (Å²) in [4.78, 5) is 23.2. The first-order chi connectivity index (χ1) is 13.5. The largest absolute Gasteiger partial charge is 0.479 e. The zero-order valence-electron chi connectivity index (χ0n) is 16.0. The SMILES string of the molecule is CO[C@]1(O)C(NC(C)=O)[C@H](O[C@@H]2C(C(=O)O)OC(C)C(O)[C@H]2O)OC(CO)[C@H]1O. The number of carboxylic acids is 1. The summed E-state index contributed by atoms with van der Waals surface area (Å²) in [6.07, 6.45) is -12.6. The van der Waals surface area contributed by atoms with E-state index in [1.54, 1.807) is 0 Å². The van der Waals surface area contributed by atoms with Gasteiger partial charge < -0.3 is 54.9 Å². The van der Waals surface area contributed by atoms with E-state index in [2.05, 4.69) is 5.32 Å². The van der Waals surface area contributed by atoms with Crippen LogP contribution in [-0.2, 0) is 28.5 Å².